The number of nitrogens with zero attached hydrogens (tertiary/aromatic N) is 1. The molecule has 1 rings (SSSR count). The van der Waals surface area contributed by atoms with Gasteiger partial charge < -0.3 is 4.90 Å². The number of rotatable bonds is 5. The molecule has 84 valence electrons. The van der Waals surface area contributed by atoms with E-state index in [9.17, 15) is 0 Å². The van der Waals surface area contributed by atoms with Gasteiger partial charge in [0, 0.05) is 12.0 Å². The number of likely N-dealkylation sites (N-methyl/N-ethyl adjacent to an activating group) is 1. The van der Waals surface area contributed by atoms with E-state index in [1.54, 1.807) is 0 Å². The van der Waals surface area contributed by atoms with Crippen molar-refractivity contribution < 1.29 is 0 Å². The molecule has 0 aliphatic heterocycles. The molecule has 0 aliphatic carbocycles. The van der Waals surface area contributed by atoms with Crippen LogP contribution in [-0.4, -0.2) is 24.5 Å². The summed E-state index contributed by atoms with van der Waals surface area (Å²) in [5.41, 5.74) is 1.67. The molecular weight excluding hydrogens is 182 g/mol. The van der Waals surface area contributed by atoms with Gasteiger partial charge in [-0.15, -0.1) is 0 Å². The van der Waals surface area contributed by atoms with Crippen LogP contribution in [0.2, 0.25) is 0 Å². The van der Waals surface area contributed by atoms with Crippen molar-refractivity contribution in [1.29, 1.82) is 0 Å². The first-order valence-corrected chi connectivity index (χ1v) is 5.88. The van der Waals surface area contributed by atoms with E-state index < -0.39 is 0 Å². The average Bonchev–Trinajstić information content (AvgIpc) is 2.27. The molecule has 0 amide bonds. The maximum absolute atomic E-state index is 2.48. The quantitative estimate of drug-likeness (QED) is 0.713. The van der Waals surface area contributed by atoms with E-state index in [1.807, 2.05) is 0 Å². The molecule has 1 nitrogen and oxygen atoms in total. The van der Waals surface area contributed by atoms with Crippen molar-refractivity contribution in [3.05, 3.63) is 35.9 Å². The highest BCUT2D eigenvalue weighted by Gasteiger charge is 2.22. The van der Waals surface area contributed by atoms with Crippen LogP contribution in [0.1, 0.15) is 33.3 Å². The zero-order valence-electron chi connectivity index (χ0n) is 10.5. The van der Waals surface area contributed by atoms with Crippen molar-refractivity contribution in [2.24, 2.45) is 0 Å². The average molecular weight is 205 g/mol. The lowest BCUT2D eigenvalue weighted by Gasteiger charge is -2.31. The maximum atomic E-state index is 2.48. The van der Waals surface area contributed by atoms with E-state index in [-0.39, 0.29) is 5.41 Å². The van der Waals surface area contributed by atoms with Crippen LogP contribution in [0, 0.1) is 0 Å². The molecule has 0 saturated heterocycles. The summed E-state index contributed by atoms with van der Waals surface area (Å²) in [5, 5.41) is 0. The van der Waals surface area contributed by atoms with Crippen molar-refractivity contribution >= 4 is 0 Å². The zero-order chi connectivity index (χ0) is 11.3. The Morgan fingerprint density at radius 1 is 1.00 bits per heavy atom. The highest BCUT2D eigenvalue weighted by Crippen LogP contribution is 2.23. The topological polar surface area (TPSA) is 3.24 Å². The smallest absolute Gasteiger partial charge is 0.00731 e. The van der Waals surface area contributed by atoms with Crippen LogP contribution in [0.5, 0.6) is 0 Å². The summed E-state index contributed by atoms with van der Waals surface area (Å²) in [7, 11) is 0. The minimum absolute atomic E-state index is 0.243. The molecule has 0 N–H and O–H groups in total. The standard InChI is InChI=1S/C14H23N/c1-5-15(6-2)12-14(3,4)13-10-8-7-9-11-13/h7-11H,5-6,12H2,1-4H3. The fourth-order valence-electron chi connectivity index (χ4n) is 1.99. The van der Waals surface area contributed by atoms with E-state index in [4.69, 9.17) is 0 Å². The molecule has 0 radical (unpaired) electrons. The Morgan fingerprint density at radius 2 is 1.53 bits per heavy atom. The highest BCUT2D eigenvalue weighted by atomic mass is 15.1. The van der Waals surface area contributed by atoms with Gasteiger partial charge in [0.1, 0.15) is 0 Å². The van der Waals surface area contributed by atoms with Crippen LogP contribution >= 0.6 is 0 Å². The SMILES string of the molecule is CCN(CC)CC(C)(C)c1ccccc1. The second-order valence-electron chi connectivity index (χ2n) is 4.71. The fraction of sp³-hybridized carbons (Fsp3) is 0.571. The second-order valence-corrected chi connectivity index (χ2v) is 4.71. The molecule has 15 heavy (non-hydrogen) atoms. The Hall–Kier alpha value is -0.820. The summed E-state index contributed by atoms with van der Waals surface area (Å²) < 4.78 is 0. The van der Waals surface area contributed by atoms with E-state index in [0.717, 1.165) is 19.6 Å². The molecule has 0 fully saturated rings. The van der Waals surface area contributed by atoms with Crippen molar-refractivity contribution in [2.75, 3.05) is 19.6 Å². The van der Waals surface area contributed by atoms with E-state index in [1.165, 1.54) is 5.56 Å². The molecule has 0 unspecified atom stereocenters. The zero-order valence-corrected chi connectivity index (χ0v) is 10.5. The number of hydrogen-bond acceptors (Lipinski definition) is 1. The lowest BCUT2D eigenvalue weighted by atomic mass is 9.84. The molecule has 0 heterocycles. The van der Waals surface area contributed by atoms with Crippen LogP contribution in [-0.2, 0) is 5.41 Å². The van der Waals surface area contributed by atoms with Gasteiger partial charge in [-0.25, -0.2) is 0 Å². The van der Waals surface area contributed by atoms with Gasteiger partial charge in [-0.3, -0.25) is 0 Å². The third kappa shape index (κ3) is 3.35. The normalized spacial score (nSPS) is 12.1. The first-order chi connectivity index (χ1) is 7.10. The van der Waals surface area contributed by atoms with Gasteiger partial charge in [-0.05, 0) is 18.7 Å². The van der Waals surface area contributed by atoms with Crippen LogP contribution in [0.3, 0.4) is 0 Å². The van der Waals surface area contributed by atoms with Crippen molar-refractivity contribution in [2.45, 2.75) is 33.1 Å². The Morgan fingerprint density at radius 3 is 2.00 bits per heavy atom. The number of hydrogen-bond donors (Lipinski definition) is 0. The molecule has 0 saturated carbocycles. The minimum atomic E-state index is 0.243. The van der Waals surface area contributed by atoms with Crippen molar-refractivity contribution in [3.63, 3.8) is 0 Å². The van der Waals surface area contributed by atoms with Gasteiger partial charge in [-0.2, -0.15) is 0 Å². The largest absolute Gasteiger partial charge is 0.303 e. The fourth-order valence-corrected chi connectivity index (χ4v) is 1.99. The van der Waals surface area contributed by atoms with Crippen molar-refractivity contribution in [3.8, 4) is 0 Å². The highest BCUT2D eigenvalue weighted by molar-refractivity contribution is 5.23. The Balaban J connectivity index is 2.74. The van der Waals surface area contributed by atoms with Gasteiger partial charge in [0.2, 0.25) is 0 Å². The molecule has 0 aliphatic rings. The summed E-state index contributed by atoms with van der Waals surface area (Å²) in [6.45, 7) is 12.5. The lowest BCUT2D eigenvalue weighted by molar-refractivity contribution is 0.245. The summed E-state index contributed by atoms with van der Waals surface area (Å²) in [5.74, 6) is 0. The predicted molar refractivity (Wildman–Crippen MR) is 67.3 cm³/mol. The predicted octanol–water partition coefficient (Wildman–Crippen LogP) is 3.31. The summed E-state index contributed by atoms with van der Waals surface area (Å²) in [4.78, 5) is 2.48. The molecule has 1 aromatic rings. The third-order valence-corrected chi connectivity index (χ3v) is 3.07. The van der Waals surface area contributed by atoms with Crippen LogP contribution in [0.15, 0.2) is 30.3 Å². The van der Waals surface area contributed by atoms with Crippen LogP contribution < -0.4 is 0 Å². The van der Waals surface area contributed by atoms with E-state index in [0.29, 0.717) is 0 Å². The van der Waals surface area contributed by atoms with Crippen molar-refractivity contribution in [1.82, 2.24) is 4.90 Å². The monoisotopic (exact) mass is 205 g/mol. The molecule has 1 heteroatoms. The van der Waals surface area contributed by atoms with Gasteiger partial charge in [-0.1, -0.05) is 58.0 Å². The van der Waals surface area contributed by atoms with Gasteiger partial charge in [0.05, 0.1) is 0 Å². The third-order valence-electron chi connectivity index (χ3n) is 3.07. The molecule has 0 aromatic heterocycles. The first kappa shape index (κ1) is 12.3. The molecule has 0 bridgehead atoms. The number of benzene rings is 1. The molecular formula is C14H23N. The minimum Gasteiger partial charge on any atom is -0.303 e. The molecule has 0 atom stereocenters. The van der Waals surface area contributed by atoms with Gasteiger partial charge in [0.15, 0.2) is 0 Å². The lowest BCUT2D eigenvalue weighted by Crippen LogP contribution is -2.36. The Labute approximate surface area is 94.1 Å². The van der Waals surface area contributed by atoms with E-state index in [2.05, 4.69) is 62.9 Å². The maximum Gasteiger partial charge on any atom is 0.00731 e. The van der Waals surface area contributed by atoms with Gasteiger partial charge >= 0.3 is 0 Å². The van der Waals surface area contributed by atoms with Gasteiger partial charge in [0.25, 0.3) is 0 Å². The Bertz CT molecular complexity index is 273. The molecule has 0 spiro atoms. The summed E-state index contributed by atoms with van der Waals surface area (Å²) in [6, 6.07) is 10.8. The van der Waals surface area contributed by atoms with Crippen LogP contribution in [0.25, 0.3) is 0 Å². The summed E-state index contributed by atoms with van der Waals surface area (Å²) >= 11 is 0. The summed E-state index contributed by atoms with van der Waals surface area (Å²) in [6.07, 6.45) is 0. The van der Waals surface area contributed by atoms with E-state index >= 15 is 0 Å². The Kier molecular flexibility index (Phi) is 4.34. The first-order valence-electron chi connectivity index (χ1n) is 5.88. The van der Waals surface area contributed by atoms with Crippen LogP contribution in [0.4, 0.5) is 0 Å². The second kappa shape index (κ2) is 5.32. The molecule has 1 aromatic carbocycles.